The average Bonchev–Trinajstić information content (AvgIpc) is 3.16. The number of carbonyl (C=O) groups is 1. The highest BCUT2D eigenvalue weighted by Crippen LogP contribution is 2.21. The summed E-state index contributed by atoms with van der Waals surface area (Å²) in [7, 11) is 0. The van der Waals surface area contributed by atoms with Gasteiger partial charge in [-0.25, -0.2) is 0 Å². The summed E-state index contributed by atoms with van der Waals surface area (Å²) in [6, 6.07) is 23.3. The van der Waals surface area contributed by atoms with E-state index in [0.29, 0.717) is 6.61 Å². The van der Waals surface area contributed by atoms with Crippen LogP contribution >= 0.6 is 0 Å². The van der Waals surface area contributed by atoms with E-state index in [9.17, 15) is 4.79 Å². The van der Waals surface area contributed by atoms with Crippen LogP contribution in [0.1, 0.15) is 11.1 Å². The zero-order valence-corrected chi connectivity index (χ0v) is 14.7. The molecule has 0 spiro atoms. The average molecular weight is 357 g/mol. The fourth-order valence-electron chi connectivity index (χ4n) is 2.92. The van der Waals surface area contributed by atoms with Crippen LogP contribution in [0.4, 0.5) is 5.69 Å². The molecule has 0 saturated heterocycles. The van der Waals surface area contributed by atoms with Gasteiger partial charge in [-0.05, 0) is 29.8 Å². The number of anilines is 1. The third-order valence-corrected chi connectivity index (χ3v) is 4.28. The third-order valence-electron chi connectivity index (χ3n) is 4.28. The van der Waals surface area contributed by atoms with Crippen molar-refractivity contribution in [3.05, 3.63) is 90.1 Å². The van der Waals surface area contributed by atoms with E-state index in [4.69, 9.17) is 4.74 Å². The van der Waals surface area contributed by atoms with Crippen molar-refractivity contribution in [2.24, 2.45) is 0 Å². The highest BCUT2D eigenvalue weighted by molar-refractivity contribution is 5.94. The van der Waals surface area contributed by atoms with E-state index in [-0.39, 0.29) is 12.3 Å². The number of fused-ring (bicyclic) bond motifs is 1. The summed E-state index contributed by atoms with van der Waals surface area (Å²) in [5.41, 5.74) is 3.63. The second-order valence-corrected chi connectivity index (χ2v) is 6.28. The van der Waals surface area contributed by atoms with E-state index in [2.05, 4.69) is 15.5 Å². The fourth-order valence-corrected chi connectivity index (χ4v) is 2.92. The van der Waals surface area contributed by atoms with Crippen molar-refractivity contribution in [3.8, 4) is 5.75 Å². The molecule has 0 unspecified atom stereocenters. The van der Waals surface area contributed by atoms with Crippen molar-refractivity contribution in [1.82, 2.24) is 10.2 Å². The Balaban J connectivity index is 1.43. The number of aromatic amines is 1. The second kappa shape index (κ2) is 7.74. The van der Waals surface area contributed by atoms with Gasteiger partial charge in [0.15, 0.2) is 0 Å². The number of carbonyl (C=O) groups excluding carboxylic acids is 1. The number of nitrogens with one attached hydrogen (secondary N) is 2. The maximum atomic E-state index is 12.5. The van der Waals surface area contributed by atoms with Gasteiger partial charge in [-0.3, -0.25) is 9.89 Å². The number of amides is 1. The van der Waals surface area contributed by atoms with Gasteiger partial charge in [-0.2, -0.15) is 5.10 Å². The summed E-state index contributed by atoms with van der Waals surface area (Å²) in [5.74, 6) is 0.635. The van der Waals surface area contributed by atoms with Crippen LogP contribution in [-0.2, 0) is 17.8 Å². The SMILES string of the molecule is O=C(Cc1ccccc1OCc1ccccc1)Nc1ccc2[nH]ncc2c1. The Kier molecular flexibility index (Phi) is 4.83. The first-order valence-corrected chi connectivity index (χ1v) is 8.75. The number of H-pyrrole nitrogens is 1. The molecular formula is C22H19N3O2. The molecule has 5 heteroatoms. The van der Waals surface area contributed by atoms with Crippen molar-refractivity contribution < 1.29 is 9.53 Å². The number of rotatable bonds is 6. The zero-order chi connectivity index (χ0) is 18.5. The number of aromatic nitrogens is 2. The van der Waals surface area contributed by atoms with E-state index in [1.807, 2.05) is 72.8 Å². The van der Waals surface area contributed by atoms with Crippen LogP contribution in [0.2, 0.25) is 0 Å². The molecule has 134 valence electrons. The molecule has 5 nitrogen and oxygen atoms in total. The van der Waals surface area contributed by atoms with E-state index in [0.717, 1.165) is 33.5 Å². The van der Waals surface area contributed by atoms with Gasteiger partial charge in [0, 0.05) is 16.6 Å². The second-order valence-electron chi connectivity index (χ2n) is 6.28. The highest BCUT2D eigenvalue weighted by atomic mass is 16.5. The van der Waals surface area contributed by atoms with Crippen molar-refractivity contribution in [2.45, 2.75) is 13.0 Å². The van der Waals surface area contributed by atoms with E-state index >= 15 is 0 Å². The molecule has 4 rings (SSSR count). The van der Waals surface area contributed by atoms with Gasteiger partial charge >= 0.3 is 0 Å². The highest BCUT2D eigenvalue weighted by Gasteiger charge is 2.10. The monoisotopic (exact) mass is 357 g/mol. The van der Waals surface area contributed by atoms with E-state index in [1.54, 1.807) is 6.20 Å². The van der Waals surface area contributed by atoms with Gasteiger partial charge < -0.3 is 10.1 Å². The summed E-state index contributed by atoms with van der Waals surface area (Å²) in [5, 5.41) is 10.8. The molecule has 0 saturated carbocycles. The zero-order valence-electron chi connectivity index (χ0n) is 14.7. The van der Waals surface area contributed by atoms with Crippen LogP contribution in [-0.4, -0.2) is 16.1 Å². The summed E-state index contributed by atoms with van der Waals surface area (Å²) in [4.78, 5) is 12.5. The molecule has 0 radical (unpaired) electrons. The molecule has 0 atom stereocenters. The van der Waals surface area contributed by atoms with Gasteiger partial charge in [0.2, 0.25) is 5.91 Å². The van der Waals surface area contributed by atoms with Gasteiger partial charge in [0.25, 0.3) is 0 Å². The predicted molar refractivity (Wildman–Crippen MR) is 106 cm³/mol. The summed E-state index contributed by atoms with van der Waals surface area (Å²) < 4.78 is 5.93. The summed E-state index contributed by atoms with van der Waals surface area (Å²) >= 11 is 0. The standard InChI is InChI=1S/C22H19N3O2/c26-22(24-19-10-11-20-18(12-19)14-23-25-20)13-17-8-4-5-9-21(17)27-15-16-6-2-1-3-7-16/h1-12,14H,13,15H2,(H,23,25)(H,24,26). The summed E-state index contributed by atoms with van der Waals surface area (Å²) in [6.07, 6.45) is 1.98. The molecule has 1 aromatic heterocycles. The van der Waals surface area contributed by atoms with Crippen molar-refractivity contribution in [3.63, 3.8) is 0 Å². The van der Waals surface area contributed by atoms with Crippen molar-refractivity contribution >= 4 is 22.5 Å². The van der Waals surface area contributed by atoms with Gasteiger partial charge in [0.1, 0.15) is 12.4 Å². The normalized spacial score (nSPS) is 10.7. The Morgan fingerprint density at radius 1 is 1.00 bits per heavy atom. The Morgan fingerprint density at radius 3 is 2.70 bits per heavy atom. The lowest BCUT2D eigenvalue weighted by Crippen LogP contribution is -2.15. The lowest BCUT2D eigenvalue weighted by Gasteiger charge is -2.12. The number of hydrogen-bond donors (Lipinski definition) is 2. The predicted octanol–water partition coefficient (Wildman–Crippen LogP) is 4.32. The largest absolute Gasteiger partial charge is 0.489 e. The van der Waals surface area contributed by atoms with Gasteiger partial charge in [0.05, 0.1) is 18.1 Å². The molecule has 0 bridgehead atoms. The van der Waals surface area contributed by atoms with Crippen molar-refractivity contribution in [2.75, 3.05) is 5.32 Å². The van der Waals surface area contributed by atoms with Crippen LogP contribution in [0.15, 0.2) is 79.0 Å². The minimum absolute atomic E-state index is 0.0893. The topological polar surface area (TPSA) is 67.0 Å². The quantitative estimate of drug-likeness (QED) is 0.540. The molecule has 3 aromatic carbocycles. The fraction of sp³-hybridized carbons (Fsp3) is 0.0909. The lowest BCUT2D eigenvalue weighted by molar-refractivity contribution is -0.115. The van der Waals surface area contributed by atoms with Crippen LogP contribution in [0.25, 0.3) is 10.9 Å². The number of benzene rings is 3. The molecule has 2 N–H and O–H groups in total. The molecule has 4 aromatic rings. The summed E-state index contributed by atoms with van der Waals surface area (Å²) in [6.45, 7) is 0.469. The Hall–Kier alpha value is -3.60. The number of para-hydroxylation sites is 1. The van der Waals surface area contributed by atoms with Crippen LogP contribution in [0.5, 0.6) is 5.75 Å². The molecule has 0 fully saturated rings. The molecule has 0 aliphatic heterocycles. The van der Waals surface area contributed by atoms with E-state index in [1.165, 1.54) is 0 Å². The maximum absolute atomic E-state index is 12.5. The first-order chi connectivity index (χ1) is 13.3. The van der Waals surface area contributed by atoms with Gasteiger partial charge in [-0.15, -0.1) is 0 Å². The Morgan fingerprint density at radius 2 is 1.81 bits per heavy atom. The Bertz CT molecular complexity index is 1060. The Labute approximate surface area is 157 Å². The third kappa shape index (κ3) is 4.15. The smallest absolute Gasteiger partial charge is 0.228 e. The maximum Gasteiger partial charge on any atom is 0.228 e. The van der Waals surface area contributed by atoms with Crippen LogP contribution < -0.4 is 10.1 Å². The minimum atomic E-state index is -0.0893. The lowest BCUT2D eigenvalue weighted by atomic mass is 10.1. The van der Waals surface area contributed by atoms with Crippen molar-refractivity contribution in [1.29, 1.82) is 0 Å². The van der Waals surface area contributed by atoms with Crippen LogP contribution in [0, 0.1) is 0 Å². The molecular weight excluding hydrogens is 338 g/mol. The van der Waals surface area contributed by atoms with Crippen LogP contribution in [0.3, 0.4) is 0 Å². The molecule has 27 heavy (non-hydrogen) atoms. The number of nitrogens with zero attached hydrogens (tertiary/aromatic N) is 1. The number of ether oxygens (including phenoxy) is 1. The van der Waals surface area contributed by atoms with Gasteiger partial charge in [-0.1, -0.05) is 48.5 Å². The molecule has 0 aliphatic carbocycles. The molecule has 1 heterocycles. The van der Waals surface area contributed by atoms with E-state index < -0.39 is 0 Å². The first kappa shape index (κ1) is 16.8. The molecule has 0 aliphatic rings. The molecule has 1 amide bonds. The first-order valence-electron chi connectivity index (χ1n) is 8.75. The number of hydrogen-bond acceptors (Lipinski definition) is 3. The minimum Gasteiger partial charge on any atom is -0.489 e.